The van der Waals surface area contributed by atoms with Crippen LogP contribution in [0.3, 0.4) is 0 Å². The molecule has 0 aliphatic heterocycles. The number of allylic oxidation sites excluding steroid dienone is 1. The molecule has 0 amide bonds. The number of hydrogen-bond donors (Lipinski definition) is 0. The minimum absolute atomic E-state index is 0.0128. The second-order valence-electron chi connectivity index (χ2n) is 5.68. The van der Waals surface area contributed by atoms with Crippen LogP contribution in [0.15, 0.2) is 48.5 Å². The van der Waals surface area contributed by atoms with Gasteiger partial charge in [-0.05, 0) is 29.3 Å². The molecule has 146 valence electrons. The molecule has 0 bridgehead atoms. The van der Waals surface area contributed by atoms with E-state index in [-0.39, 0.29) is 12.3 Å². The molecule has 0 saturated carbocycles. The van der Waals surface area contributed by atoms with Crippen molar-refractivity contribution in [2.75, 3.05) is 14.2 Å². The summed E-state index contributed by atoms with van der Waals surface area (Å²) in [7, 11) is 3.02. The zero-order valence-electron chi connectivity index (χ0n) is 15.4. The van der Waals surface area contributed by atoms with E-state index in [1.165, 1.54) is 44.6 Å². The first-order chi connectivity index (χ1) is 13.4. The summed E-state index contributed by atoms with van der Waals surface area (Å²) in [6.07, 6.45) is 2.17. The smallest absolute Gasteiger partial charge is 0.314 e. The van der Waals surface area contributed by atoms with E-state index in [1.54, 1.807) is 24.3 Å². The van der Waals surface area contributed by atoms with E-state index in [9.17, 15) is 19.7 Å². The molecule has 0 saturated heterocycles. The molecule has 28 heavy (non-hydrogen) atoms. The molecule has 0 aliphatic carbocycles. The maximum absolute atomic E-state index is 11.9. The number of methoxy groups -OCH3 is 2. The van der Waals surface area contributed by atoms with E-state index < -0.39 is 23.1 Å². The molecular weight excluding hydrogens is 366 g/mol. The normalized spacial score (nSPS) is 10.5. The zero-order valence-corrected chi connectivity index (χ0v) is 15.4. The van der Waals surface area contributed by atoms with Gasteiger partial charge in [-0.2, -0.15) is 0 Å². The summed E-state index contributed by atoms with van der Waals surface area (Å²) in [5, 5.41) is 10.7. The number of rotatable bonds is 9. The minimum Gasteiger partial charge on any atom is -0.493 e. The second kappa shape index (κ2) is 9.86. The van der Waals surface area contributed by atoms with Crippen molar-refractivity contribution in [2.24, 2.45) is 0 Å². The highest BCUT2D eigenvalue weighted by atomic mass is 16.6. The van der Waals surface area contributed by atoms with Crippen LogP contribution in [0.1, 0.15) is 17.5 Å². The molecular formula is C20H19NO7. The Morgan fingerprint density at radius 1 is 1.07 bits per heavy atom. The lowest BCUT2D eigenvalue weighted by Crippen LogP contribution is -2.09. The average Bonchev–Trinajstić information content (AvgIpc) is 2.70. The standard InChI is InChI=1S/C20H19NO7/c1-26-18-9-7-15(11-19(18)27-2)13-28-20(23)12-17(22)8-6-14-4-3-5-16(10-14)21(24)25/h3-11H,12-13H2,1-2H3. The van der Waals surface area contributed by atoms with Crippen LogP contribution in [-0.2, 0) is 20.9 Å². The largest absolute Gasteiger partial charge is 0.493 e. The molecule has 0 heterocycles. The molecule has 0 aromatic heterocycles. The molecule has 8 heteroatoms. The van der Waals surface area contributed by atoms with Crippen LogP contribution in [0.5, 0.6) is 11.5 Å². The SMILES string of the molecule is COc1ccc(COC(=O)CC(=O)C=Cc2cccc([N+](=O)[O-])c2)cc1OC. The molecule has 0 radical (unpaired) electrons. The number of esters is 1. The van der Waals surface area contributed by atoms with Crippen molar-refractivity contribution < 1.29 is 28.7 Å². The monoisotopic (exact) mass is 385 g/mol. The van der Waals surface area contributed by atoms with Gasteiger partial charge in [0.05, 0.1) is 19.1 Å². The summed E-state index contributed by atoms with van der Waals surface area (Å²) >= 11 is 0. The first kappa shape index (κ1) is 20.6. The first-order valence-electron chi connectivity index (χ1n) is 8.25. The van der Waals surface area contributed by atoms with Crippen molar-refractivity contribution in [1.82, 2.24) is 0 Å². The number of benzene rings is 2. The molecule has 0 fully saturated rings. The van der Waals surface area contributed by atoms with Crippen molar-refractivity contribution >= 4 is 23.5 Å². The van der Waals surface area contributed by atoms with Crippen molar-refractivity contribution in [1.29, 1.82) is 0 Å². The third-order valence-corrected chi connectivity index (χ3v) is 3.71. The predicted molar refractivity (Wildman–Crippen MR) is 101 cm³/mol. The van der Waals surface area contributed by atoms with Gasteiger partial charge < -0.3 is 14.2 Å². The fourth-order valence-electron chi connectivity index (χ4n) is 2.32. The Morgan fingerprint density at radius 3 is 2.50 bits per heavy atom. The van der Waals surface area contributed by atoms with Gasteiger partial charge in [0.2, 0.25) is 0 Å². The Kier molecular flexibility index (Phi) is 7.27. The number of ketones is 1. The van der Waals surface area contributed by atoms with E-state index in [1.807, 2.05) is 0 Å². The van der Waals surface area contributed by atoms with E-state index in [4.69, 9.17) is 14.2 Å². The van der Waals surface area contributed by atoms with Crippen LogP contribution in [-0.4, -0.2) is 30.9 Å². The Bertz CT molecular complexity index is 905. The van der Waals surface area contributed by atoms with Crippen LogP contribution < -0.4 is 9.47 Å². The van der Waals surface area contributed by atoms with Gasteiger partial charge in [0.15, 0.2) is 17.3 Å². The Labute approximate surface area is 161 Å². The molecule has 0 spiro atoms. The van der Waals surface area contributed by atoms with Crippen molar-refractivity contribution in [3.63, 3.8) is 0 Å². The Hall–Kier alpha value is -3.68. The second-order valence-corrected chi connectivity index (χ2v) is 5.68. The molecule has 8 nitrogen and oxygen atoms in total. The van der Waals surface area contributed by atoms with Crippen molar-refractivity contribution in [3.05, 3.63) is 69.8 Å². The van der Waals surface area contributed by atoms with Gasteiger partial charge in [0, 0.05) is 12.1 Å². The molecule has 0 unspecified atom stereocenters. The summed E-state index contributed by atoms with van der Waals surface area (Å²) < 4.78 is 15.4. The Morgan fingerprint density at radius 2 is 1.82 bits per heavy atom. The number of carbonyl (C=O) groups is 2. The van der Waals surface area contributed by atoms with Crippen molar-refractivity contribution in [2.45, 2.75) is 13.0 Å². The van der Waals surface area contributed by atoms with Crippen LogP contribution in [0, 0.1) is 10.1 Å². The number of carbonyl (C=O) groups excluding carboxylic acids is 2. The van der Waals surface area contributed by atoms with Gasteiger partial charge in [-0.25, -0.2) is 0 Å². The molecule has 0 N–H and O–H groups in total. The van der Waals surface area contributed by atoms with Gasteiger partial charge >= 0.3 is 5.97 Å². The van der Waals surface area contributed by atoms with Gasteiger partial charge in [-0.15, -0.1) is 0 Å². The summed E-state index contributed by atoms with van der Waals surface area (Å²) in [4.78, 5) is 33.9. The topological polar surface area (TPSA) is 105 Å². The van der Waals surface area contributed by atoms with Crippen LogP contribution >= 0.6 is 0 Å². The zero-order chi connectivity index (χ0) is 20.5. The number of ether oxygens (including phenoxy) is 3. The van der Waals surface area contributed by atoms with E-state index >= 15 is 0 Å². The summed E-state index contributed by atoms with van der Waals surface area (Å²) in [5.74, 6) is -0.0849. The third-order valence-electron chi connectivity index (χ3n) is 3.71. The van der Waals surface area contributed by atoms with Gasteiger partial charge in [-0.3, -0.25) is 19.7 Å². The number of nitrogens with zero attached hydrogens (tertiary/aromatic N) is 1. The molecule has 0 atom stereocenters. The lowest BCUT2D eigenvalue weighted by Gasteiger charge is -2.09. The summed E-state index contributed by atoms with van der Waals surface area (Å²) in [6, 6.07) is 10.9. The highest BCUT2D eigenvalue weighted by Gasteiger charge is 2.11. The lowest BCUT2D eigenvalue weighted by molar-refractivity contribution is -0.384. The summed E-state index contributed by atoms with van der Waals surface area (Å²) in [6.45, 7) is -0.0128. The fourth-order valence-corrected chi connectivity index (χ4v) is 2.32. The quantitative estimate of drug-likeness (QED) is 0.214. The van der Waals surface area contributed by atoms with Crippen LogP contribution in [0.4, 0.5) is 5.69 Å². The first-order valence-corrected chi connectivity index (χ1v) is 8.25. The van der Waals surface area contributed by atoms with Crippen molar-refractivity contribution in [3.8, 4) is 11.5 Å². The maximum Gasteiger partial charge on any atom is 0.314 e. The average molecular weight is 385 g/mol. The number of nitro groups is 1. The van der Waals surface area contributed by atoms with E-state index in [0.717, 1.165) is 0 Å². The molecule has 2 rings (SSSR count). The number of hydrogen-bond acceptors (Lipinski definition) is 7. The molecule has 2 aromatic carbocycles. The van der Waals surface area contributed by atoms with Gasteiger partial charge in [0.25, 0.3) is 5.69 Å². The highest BCUT2D eigenvalue weighted by Crippen LogP contribution is 2.27. The van der Waals surface area contributed by atoms with Gasteiger partial charge in [0.1, 0.15) is 13.0 Å². The predicted octanol–water partition coefficient (Wildman–Crippen LogP) is 3.33. The minimum atomic E-state index is -0.677. The Balaban J connectivity index is 1.88. The lowest BCUT2D eigenvalue weighted by atomic mass is 10.1. The maximum atomic E-state index is 11.9. The third kappa shape index (κ3) is 5.94. The van der Waals surface area contributed by atoms with E-state index in [0.29, 0.717) is 22.6 Å². The van der Waals surface area contributed by atoms with E-state index in [2.05, 4.69) is 0 Å². The highest BCUT2D eigenvalue weighted by molar-refractivity contribution is 6.03. The number of non-ortho nitro benzene ring substituents is 1. The summed E-state index contributed by atoms with van der Waals surface area (Å²) in [5.41, 5.74) is 1.09. The molecule has 2 aromatic rings. The molecule has 0 aliphatic rings. The van der Waals surface area contributed by atoms with Crippen LogP contribution in [0.2, 0.25) is 0 Å². The van der Waals surface area contributed by atoms with Gasteiger partial charge in [-0.1, -0.05) is 24.3 Å². The fraction of sp³-hybridized carbons (Fsp3) is 0.200. The number of nitro benzene ring substituents is 1. The van der Waals surface area contributed by atoms with Crippen LogP contribution in [0.25, 0.3) is 6.08 Å².